The molecule has 1 nitrogen and oxygen atoms in total. The largest absolute Gasteiger partial charge is 0.310 e. The summed E-state index contributed by atoms with van der Waals surface area (Å²) in [5.74, 6) is 7.43. The van der Waals surface area contributed by atoms with E-state index in [9.17, 15) is 0 Å². The second kappa shape index (κ2) is 12.4. The highest BCUT2D eigenvalue weighted by atomic mass is 15.1. The van der Waals surface area contributed by atoms with E-state index in [2.05, 4.69) is 211 Å². The number of para-hydroxylation sites is 1. The lowest BCUT2D eigenvalue weighted by Gasteiger charge is -2.28. The molecule has 0 aliphatic heterocycles. The van der Waals surface area contributed by atoms with Crippen LogP contribution in [0.5, 0.6) is 0 Å². The van der Waals surface area contributed by atoms with Crippen LogP contribution in [-0.2, 0) is 5.41 Å². The van der Waals surface area contributed by atoms with Crippen molar-refractivity contribution in [3.05, 3.63) is 222 Å². The lowest BCUT2D eigenvalue weighted by molar-refractivity contribution is 0.837. The third kappa shape index (κ3) is 5.07. The Kier molecular flexibility index (Phi) is 7.34. The Labute approximate surface area is 293 Å². The molecule has 1 unspecified atom stereocenters. The highest BCUT2D eigenvalue weighted by Crippen LogP contribution is 2.53. The lowest BCUT2D eigenvalue weighted by Crippen LogP contribution is -2.25. The van der Waals surface area contributed by atoms with Gasteiger partial charge in [-0.05, 0) is 104 Å². The van der Waals surface area contributed by atoms with Gasteiger partial charge in [-0.1, -0.05) is 157 Å². The van der Waals surface area contributed by atoms with Crippen LogP contribution in [0.4, 0.5) is 17.1 Å². The molecule has 8 aromatic carbocycles. The number of hydrogen-bond acceptors (Lipinski definition) is 1. The predicted octanol–water partition coefficient (Wildman–Crippen LogP) is 12.3. The van der Waals surface area contributed by atoms with Crippen molar-refractivity contribution in [1.29, 1.82) is 0 Å². The number of rotatable bonds is 5. The van der Waals surface area contributed by atoms with Gasteiger partial charge in [0.2, 0.25) is 0 Å². The molecule has 0 radical (unpaired) electrons. The molecule has 0 saturated heterocycles. The van der Waals surface area contributed by atoms with Gasteiger partial charge in [0, 0.05) is 22.6 Å². The van der Waals surface area contributed by atoms with Gasteiger partial charge in [0.15, 0.2) is 0 Å². The van der Waals surface area contributed by atoms with Gasteiger partial charge in [0.1, 0.15) is 5.41 Å². The maximum Gasteiger partial charge on any atom is 0.108 e. The van der Waals surface area contributed by atoms with E-state index < -0.39 is 5.41 Å². The summed E-state index contributed by atoms with van der Waals surface area (Å²) in [6.07, 6.45) is 0. The molecule has 1 aliphatic rings. The monoisotopic (exact) mass is 635 g/mol. The van der Waals surface area contributed by atoms with Gasteiger partial charge in [-0.15, -0.1) is 0 Å². The summed E-state index contributed by atoms with van der Waals surface area (Å²) < 4.78 is 0. The Balaban J connectivity index is 1.22. The van der Waals surface area contributed by atoms with Crippen molar-refractivity contribution < 1.29 is 0 Å². The van der Waals surface area contributed by atoms with Crippen LogP contribution in [0.2, 0.25) is 0 Å². The maximum atomic E-state index is 3.85. The zero-order chi connectivity index (χ0) is 33.3. The predicted molar refractivity (Wildman–Crippen MR) is 209 cm³/mol. The molecule has 1 heteroatoms. The molecule has 0 heterocycles. The van der Waals surface area contributed by atoms with Crippen LogP contribution in [0.15, 0.2) is 200 Å². The number of fused-ring (bicyclic) bond motifs is 4. The number of benzene rings is 8. The van der Waals surface area contributed by atoms with Gasteiger partial charge in [0.05, 0.1) is 0 Å². The maximum absolute atomic E-state index is 3.85. The minimum atomic E-state index is -0.627. The van der Waals surface area contributed by atoms with Gasteiger partial charge < -0.3 is 4.90 Å². The Hall–Kier alpha value is -6.62. The zero-order valence-electron chi connectivity index (χ0n) is 27.5. The first-order valence-electron chi connectivity index (χ1n) is 17.1. The summed E-state index contributed by atoms with van der Waals surface area (Å²) in [5, 5.41) is 2.45. The quantitative estimate of drug-likeness (QED) is 0.170. The van der Waals surface area contributed by atoms with Crippen LogP contribution >= 0.6 is 0 Å². The topological polar surface area (TPSA) is 3.24 Å². The van der Waals surface area contributed by atoms with E-state index in [1.807, 2.05) is 6.07 Å². The Morgan fingerprint density at radius 3 is 1.82 bits per heavy atom. The van der Waals surface area contributed by atoms with Crippen molar-refractivity contribution in [3.63, 3.8) is 0 Å². The number of hydrogen-bond donors (Lipinski definition) is 0. The van der Waals surface area contributed by atoms with Crippen LogP contribution in [-0.4, -0.2) is 0 Å². The van der Waals surface area contributed by atoms with Crippen LogP contribution in [0.1, 0.15) is 22.3 Å². The first-order valence-corrected chi connectivity index (χ1v) is 17.1. The molecule has 0 N–H and O–H groups in total. The molecule has 0 amide bonds. The summed E-state index contributed by atoms with van der Waals surface area (Å²) in [4.78, 5) is 2.35. The summed E-state index contributed by atoms with van der Waals surface area (Å²) in [6.45, 7) is 0. The Morgan fingerprint density at radius 2 is 1.00 bits per heavy atom. The van der Waals surface area contributed by atoms with Crippen molar-refractivity contribution in [2.75, 3.05) is 4.90 Å². The fourth-order valence-corrected chi connectivity index (χ4v) is 7.52. The third-order valence-electron chi connectivity index (χ3n) is 9.86. The van der Waals surface area contributed by atoms with Crippen LogP contribution < -0.4 is 4.90 Å². The first-order chi connectivity index (χ1) is 24.8. The molecule has 0 spiro atoms. The zero-order valence-corrected chi connectivity index (χ0v) is 27.5. The first kappa shape index (κ1) is 29.5. The molecule has 50 heavy (non-hydrogen) atoms. The van der Waals surface area contributed by atoms with E-state index in [4.69, 9.17) is 0 Å². The normalized spacial score (nSPS) is 14.3. The Bertz CT molecular complexity index is 2540. The van der Waals surface area contributed by atoms with Gasteiger partial charge in [-0.3, -0.25) is 0 Å². The third-order valence-corrected chi connectivity index (χ3v) is 9.86. The summed E-state index contributed by atoms with van der Waals surface area (Å²) >= 11 is 0. The van der Waals surface area contributed by atoms with Crippen LogP contribution in [0.25, 0.3) is 33.0 Å². The molecular formula is C49H33N. The molecule has 0 bridgehead atoms. The van der Waals surface area contributed by atoms with Crippen molar-refractivity contribution in [1.82, 2.24) is 0 Å². The molecular weight excluding hydrogens is 603 g/mol. The van der Waals surface area contributed by atoms with Crippen LogP contribution in [0.3, 0.4) is 0 Å². The molecule has 1 aliphatic carbocycles. The van der Waals surface area contributed by atoms with Crippen molar-refractivity contribution >= 4 is 27.8 Å². The average molecular weight is 636 g/mol. The molecule has 0 saturated carbocycles. The smallest absolute Gasteiger partial charge is 0.108 e. The highest BCUT2D eigenvalue weighted by Gasteiger charge is 2.43. The van der Waals surface area contributed by atoms with E-state index in [0.717, 1.165) is 33.8 Å². The van der Waals surface area contributed by atoms with Gasteiger partial charge in [0.25, 0.3) is 0 Å². The second-order valence-corrected chi connectivity index (χ2v) is 12.8. The van der Waals surface area contributed by atoms with E-state index in [1.54, 1.807) is 0 Å². The molecule has 234 valence electrons. The number of anilines is 3. The van der Waals surface area contributed by atoms with Crippen molar-refractivity contribution in [2.45, 2.75) is 5.41 Å². The van der Waals surface area contributed by atoms with Crippen molar-refractivity contribution in [3.8, 4) is 34.1 Å². The molecule has 9 rings (SSSR count). The van der Waals surface area contributed by atoms with E-state index in [1.165, 1.54) is 38.6 Å². The molecule has 0 fully saturated rings. The van der Waals surface area contributed by atoms with Gasteiger partial charge in [-0.2, -0.15) is 0 Å². The SMILES string of the molecule is C(#CC1(c2ccccc2)c2ccccc2-c2ccc(-c3cccc(N(c4ccccc4)c4ccc5ccccc5c4)c3)cc21)c1ccccc1. The minimum Gasteiger partial charge on any atom is -0.310 e. The fraction of sp³-hybridized carbons (Fsp3) is 0.0204. The summed E-state index contributed by atoms with van der Waals surface area (Å²) in [6, 6.07) is 71.6. The van der Waals surface area contributed by atoms with E-state index >= 15 is 0 Å². The standard InChI is InChI=1S/C49H33N/c1-4-15-36(16-5-1)31-32-49(41-20-6-2-7-21-41)47-26-13-12-25-45(47)46-30-28-40(35-48(46)49)39-19-14-24-43(34-39)50(42-22-8-3-9-23-42)44-29-27-37-17-10-11-18-38(37)33-44/h1-30,33-35H. The Morgan fingerprint density at radius 1 is 0.380 bits per heavy atom. The van der Waals surface area contributed by atoms with E-state index in [0.29, 0.717) is 0 Å². The highest BCUT2D eigenvalue weighted by molar-refractivity contribution is 5.91. The summed E-state index contributed by atoms with van der Waals surface area (Å²) in [5.41, 5.74) is 12.1. The number of nitrogens with zero attached hydrogens (tertiary/aromatic N) is 1. The molecule has 1 atom stereocenters. The van der Waals surface area contributed by atoms with Crippen LogP contribution in [0, 0.1) is 11.8 Å². The van der Waals surface area contributed by atoms with Gasteiger partial charge >= 0.3 is 0 Å². The fourth-order valence-electron chi connectivity index (χ4n) is 7.52. The summed E-state index contributed by atoms with van der Waals surface area (Å²) in [7, 11) is 0. The van der Waals surface area contributed by atoms with E-state index in [-0.39, 0.29) is 0 Å². The molecule has 0 aromatic heterocycles. The van der Waals surface area contributed by atoms with Crippen molar-refractivity contribution in [2.24, 2.45) is 0 Å². The average Bonchev–Trinajstić information content (AvgIpc) is 3.48. The minimum absolute atomic E-state index is 0.627. The lowest BCUT2D eigenvalue weighted by atomic mass is 9.72. The second-order valence-electron chi connectivity index (χ2n) is 12.8. The molecule has 8 aromatic rings. The van der Waals surface area contributed by atoms with Gasteiger partial charge in [-0.25, -0.2) is 0 Å².